The van der Waals surface area contributed by atoms with Gasteiger partial charge in [0.1, 0.15) is 18.8 Å². The van der Waals surface area contributed by atoms with Crippen molar-refractivity contribution < 1.29 is 33.6 Å². The first kappa shape index (κ1) is 19.9. The van der Waals surface area contributed by atoms with E-state index in [1.165, 1.54) is 38.0 Å². The normalized spacial score (nSPS) is 25.6. The van der Waals surface area contributed by atoms with Gasteiger partial charge in [-0.05, 0) is 6.92 Å². The van der Waals surface area contributed by atoms with Gasteiger partial charge in [-0.25, -0.2) is 9.97 Å². The number of H-pyrrole nitrogens is 1. The number of fused-ring (bicyclic) bond motifs is 1. The summed E-state index contributed by atoms with van der Waals surface area (Å²) in [6, 6.07) is 0. The van der Waals surface area contributed by atoms with Crippen molar-refractivity contribution in [1.82, 2.24) is 19.5 Å². The summed E-state index contributed by atoms with van der Waals surface area (Å²) in [4.78, 5) is 45.2. The minimum atomic E-state index is -1.22. The van der Waals surface area contributed by atoms with Crippen molar-refractivity contribution in [1.29, 1.82) is 0 Å². The molecule has 12 nitrogen and oxygen atoms in total. The molecule has 5 unspecified atom stereocenters. The van der Waals surface area contributed by atoms with Crippen LogP contribution in [0.3, 0.4) is 0 Å². The van der Waals surface area contributed by atoms with Crippen LogP contribution in [0.2, 0.25) is 0 Å². The second-order valence-corrected chi connectivity index (χ2v) is 6.20. The molecule has 1 aliphatic heterocycles. The number of imidazole rings is 1. The lowest BCUT2D eigenvalue weighted by Crippen LogP contribution is -2.41. The van der Waals surface area contributed by atoms with E-state index in [1.54, 1.807) is 0 Å². The topological polar surface area (TPSA) is 155 Å². The minimum absolute atomic E-state index is 0.0781. The van der Waals surface area contributed by atoms with E-state index in [-0.39, 0.29) is 17.8 Å². The van der Waals surface area contributed by atoms with Crippen molar-refractivity contribution in [2.75, 3.05) is 6.61 Å². The average molecular weight is 396 g/mol. The van der Waals surface area contributed by atoms with E-state index in [1.807, 2.05) is 0 Å². The van der Waals surface area contributed by atoms with E-state index in [9.17, 15) is 19.5 Å². The van der Waals surface area contributed by atoms with Gasteiger partial charge in [0, 0.05) is 13.8 Å². The lowest BCUT2D eigenvalue weighted by Gasteiger charge is -2.25. The molecule has 3 rings (SSSR count). The van der Waals surface area contributed by atoms with E-state index in [0.717, 1.165) is 0 Å². The number of aliphatic hydroxyl groups is 1. The van der Waals surface area contributed by atoms with Crippen LogP contribution < -0.4 is 5.56 Å². The van der Waals surface area contributed by atoms with Gasteiger partial charge in [-0.3, -0.25) is 19.0 Å². The molecule has 28 heavy (non-hydrogen) atoms. The Kier molecular flexibility index (Phi) is 5.72. The number of aliphatic hydroxyl groups excluding tert-OH is 1. The summed E-state index contributed by atoms with van der Waals surface area (Å²) in [5.74, 6) is -1.14. The molecule has 0 bridgehead atoms. The van der Waals surface area contributed by atoms with Gasteiger partial charge in [0.25, 0.3) is 5.56 Å². The summed E-state index contributed by atoms with van der Waals surface area (Å²) in [6.07, 6.45) is -2.48. The van der Waals surface area contributed by atoms with Crippen LogP contribution in [-0.4, -0.2) is 67.8 Å². The van der Waals surface area contributed by atoms with Crippen molar-refractivity contribution in [2.24, 2.45) is 0 Å². The Bertz CT molecular complexity index is 923. The third-order valence-electron chi connectivity index (χ3n) is 4.03. The van der Waals surface area contributed by atoms with E-state index < -0.39 is 48.3 Å². The Balaban J connectivity index is 2.01. The number of aromatic nitrogens is 4. The Morgan fingerprint density at radius 1 is 1.32 bits per heavy atom. The summed E-state index contributed by atoms with van der Waals surface area (Å²) in [6.45, 7) is 3.63. The van der Waals surface area contributed by atoms with Gasteiger partial charge >= 0.3 is 11.9 Å². The van der Waals surface area contributed by atoms with Crippen molar-refractivity contribution >= 4 is 23.1 Å². The Morgan fingerprint density at radius 2 is 2.07 bits per heavy atom. The molecule has 0 radical (unpaired) electrons. The minimum Gasteiger partial charge on any atom is -0.463 e. The van der Waals surface area contributed by atoms with Crippen molar-refractivity contribution in [3.63, 3.8) is 0 Å². The zero-order valence-electron chi connectivity index (χ0n) is 15.4. The summed E-state index contributed by atoms with van der Waals surface area (Å²) in [5.41, 5.74) is -0.153. The highest BCUT2D eigenvalue weighted by molar-refractivity contribution is 5.69. The monoisotopic (exact) mass is 396 g/mol. The van der Waals surface area contributed by atoms with Crippen molar-refractivity contribution in [3.05, 3.63) is 23.0 Å². The molecule has 0 amide bonds. The Hall–Kier alpha value is -2.83. The first-order valence-corrected chi connectivity index (χ1v) is 8.47. The number of aromatic amines is 1. The lowest BCUT2D eigenvalue weighted by molar-refractivity contribution is -0.181. The van der Waals surface area contributed by atoms with Crippen LogP contribution in [0.1, 0.15) is 27.0 Å². The summed E-state index contributed by atoms with van der Waals surface area (Å²) in [5, 5.41) is 9.74. The highest BCUT2D eigenvalue weighted by Gasteiger charge is 2.50. The van der Waals surface area contributed by atoms with E-state index >= 15 is 0 Å². The first-order chi connectivity index (χ1) is 13.3. The van der Waals surface area contributed by atoms with Gasteiger partial charge in [0.15, 0.2) is 29.8 Å². The zero-order chi connectivity index (χ0) is 20.4. The van der Waals surface area contributed by atoms with Gasteiger partial charge in [0.05, 0.1) is 12.7 Å². The highest BCUT2D eigenvalue weighted by Crippen LogP contribution is 2.35. The second kappa shape index (κ2) is 8.04. The molecule has 2 aromatic heterocycles. The summed E-state index contributed by atoms with van der Waals surface area (Å²) >= 11 is 0. The maximum absolute atomic E-state index is 11.9. The van der Waals surface area contributed by atoms with Crippen LogP contribution in [-0.2, 0) is 28.5 Å². The summed E-state index contributed by atoms with van der Waals surface area (Å²) < 4.78 is 23.2. The molecule has 12 heteroatoms. The predicted octanol–water partition coefficient (Wildman–Crippen LogP) is -0.765. The molecule has 1 fully saturated rings. The van der Waals surface area contributed by atoms with Crippen molar-refractivity contribution in [3.8, 4) is 0 Å². The van der Waals surface area contributed by atoms with Gasteiger partial charge in [-0.1, -0.05) is 0 Å². The molecule has 0 spiro atoms. The molecule has 1 aliphatic rings. The van der Waals surface area contributed by atoms with Crippen LogP contribution in [0.4, 0.5) is 0 Å². The van der Waals surface area contributed by atoms with Crippen LogP contribution in [0.5, 0.6) is 0 Å². The van der Waals surface area contributed by atoms with E-state index in [2.05, 4.69) is 15.0 Å². The second-order valence-electron chi connectivity index (χ2n) is 6.20. The third kappa shape index (κ3) is 4.03. The van der Waals surface area contributed by atoms with Crippen LogP contribution in [0.25, 0.3) is 11.2 Å². The zero-order valence-corrected chi connectivity index (χ0v) is 15.4. The molecule has 152 valence electrons. The fraction of sp³-hybridized carbons (Fsp3) is 0.562. The molecular weight excluding hydrogens is 376 g/mol. The lowest BCUT2D eigenvalue weighted by atomic mass is 10.1. The van der Waals surface area contributed by atoms with Gasteiger partial charge in [0.2, 0.25) is 0 Å². The maximum atomic E-state index is 11.9. The van der Waals surface area contributed by atoms with E-state index in [4.69, 9.17) is 18.9 Å². The number of carbonyl (C=O) groups is 2. The molecule has 1 saturated heterocycles. The molecule has 2 aromatic rings. The largest absolute Gasteiger partial charge is 0.463 e. The fourth-order valence-electron chi connectivity index (χ4n) is 3.02. The number of rotatable bonds is 6. The van der Waals surface area contributed by atoms with E-state index in [0.29, 0.717) is 0 Å². The highest BCUT2D eigenvalue weighted by atomic mass is 16.7. The number of carbonyl (C=O) groups excluding carboxylic acids is 2. The molecule has 0 saturated carbocycles. The predicted molar refractivity (Wildman–Crippen MR) is 90.8 cm³/mol. The molecular formula is C16H20N4O8. The first-order valence-electron chi connectivity index (χ1n) is 8.47. The quantitative estimate of drug-likeness (QED) is 0.470. The smallest absolute Gasteiger partial charge is 0.303 e. The number of ether oxygens (including phenoxy) is 4. The van der Waals surface area contributed by atoms with Gasteiger partial charge in [-0.15, -0.1) is 0 Å². The van der Waals surface area contributed by atoms with Crippen LogP contribution in [0, 0.1) is 0 Å². The van der Waals surface area contributed by atoms with Crippen LogP contribution in [0.15, 0.2) is 17.4 Å². The number of hydrogen-bond acceptors (Lipinski definition) is 10. The average Bonchev–Trinajstić information content (AvgIpc) is 3.16. The van der Waals surface area contributed by atoms with Gasteiger partial charge in [-0.2, -0.15) is 0 Å². The molecule has 2 N–H and O–H groups in total. The standard InChI is InChI=1S/C16H20N4O8/c1-7(21)25-4-10-12(26-8(2)22)13(27-9(3)23)16(28-10)20-6-19-11-14(20)17-5-18-15(11)24/h5-6,9-10,12-13,16,23H,4H2,1-3H3,(H,17,18,24). The number of hydrogen-bond donors (Lipinski definition) is 2. The molecule has 3 heterocycles. The number of nitrogens with one attached hydrogen (secondary N) is 1. The molecule has 0 aromatic carbocycles. The van der Waals surface area contributed by atoms with Gasteiger partial charge < -0.3 is 29.0 Å². The van der Waals surface area contributed by atoms with Crippen LogP contribution >= 0.6 is 0 Å². The maximum Gasteiger partial charge on any atom is 0.303 e. The SMILES string of the molecule is CC(=O)OCC1OC(n2cnc3c(=O)[nH]cnc32)C(OC(C)O)C1OC(C)=O. The molecule has 0 aliphatic carbocycles. The van der Waals surface area contributed by atoms with Crippen molar-refractivity contribution in [2.45, 2.75) is 51.6 Å². The Morgan fingerprint density at radius 3 is 2.71 bits per heavy atom. The molecule has 5 atom stereocenters. The third-order valence-corrected chi connectivity index (χ3v) is 4.03. The number of esters is 2. The fourth-order valence-corrected chi connectivity index (χ4v) is 3.02. The summed E-state index contributed by atoms with van der Waals surface area (Å²) in [7, 11) is 0. The number of nitrogens with zero attached hydrogens (tertiary/aromatic N) is 3. The Labute approximate surface area is 158 Å².